The van der Waals surface area contributed by atoms with Gasteiger partial charge in [-0.05, 0) is 58.0 Å². The molecule has 0 radical (unpaired) electrons. The molecule has 1 aliphatic heterocycles. The fourth-order valence-electron chi connectivity index (χ4n) is 4.14. The van der Waals surface area contributed by atoms with Crippen LogP contribution in [0.15, 0.2) is 64.8 Å². The van der Waals surface area contributed by atoms with Crippen molar-refractivity contribution in [2.24, 2.45) is 10.7 Å². The molecule has 1 N–H and O–H groups in total. The second kappa shape index (κ2) is 13.2. The van der Waals surface area contributed by atoms with Gasteiger partial charge in [0.25, 0.3) is 16.8 Å². The maximum Gasteiger partial charge on any atom is 0.435 e. The number of hydrazine groups is 1. The molecule has 0 aliphatic carbocycles. The van der Waals surface area contributed by atoms with Crippen LogP contribution in [-0.4, -0.2) is 66.2 Å². The van der Waals surface area contributed by atoms with Gasteiger partial charge in [0, 0.05) is 12.0 Å². The lowest BCUT2D eigenvalue weighted by molar-refractivity contribution is -0.708. The fourth-order valence-corrected chi connectivity index (χ4v) is 5.02. The van der Waals surface area contributed by atoms with Crippen molar-refractivity contribution in [2.75, 3.05) is 19.9 Å². The Balaban J connectivity index is 1.37. The van der Waals surface area contributed by atoms with Crippen molar-refractivity contribution >= 4 is 22.1 Å². The van der Waals surface area contributed by atoms with Crippen LogP contribution < -0.4 is 4.72 Å². The molecule has 2 aromatic carbocycles. The molecule has 0 bridgehead atoms. The molecule has 1 aliphatic rings. The van der Waals surface area contributed by atoms with Crippen molar-refractivity contribution < 1.29 is 50.5 Å². The number of rotatable bonds is 9. The van der Waals surface area contributed by atoms with E-state index in [1.807, 2.05) is 6.92 Å². The number of carbonyl (C=O) groups is 2. The number of hydrogen-bond donors (Lipinski definition) is 1. The molecule has 14 nitrogen and oxygen atoms in total. The molecule has 1 amide bonds. The predicted octanol–water partition coefficient (Wildman–Crippen LogP) is 4.71. The number of amides is 1. The van der Waals surface area contributed by atoms with Crippen LogP contribution in [0.25, 0.3) is 16.9 Å². The summed E-state index contributed by atoms with van der Waals surface area (Å²) in [6, 6.07) is 12.4. The summed E-state index contributed by atoms with van der Waals surface area (Å²) in [6.07, 6.45) is -6.72. The zero-order valence-corrected chi connectivity index (χ0v) is 26.0. The molecule has 1 atom stereocenters. The highest BCUT2D eigenvalue weighted by molar-refractivity contribution is 7.90. The van der Waals surface area contributed by atoms with Gasteiger partial charge in [-0.3, -0.25) is 4.79 Å². The molecule has 4 rings (SSSR count). The summed E-state index contributed by atoms with van der Waals surface area (Å²) in [5.41, 5.74) is -0.256. The standard InChI is InChI=1S/C28H31F3N6O8S/c1-18-5-7-19(8-6-18)23-15-24(28(29,30)31)32-36(23)20-9-11-22(12-10-20)46(41,42)33-26(39)45-21-13-14-35(16-21)37(40)34-44-17-43-25(38)27(2,3)4/h5-12,15,21H,13-14,16-17H2,1-4H3,(H,33,39). The summed E-state index contributed by atoms with van der Waals surface area (Å²) in [7, 11) is -4.45. The van der Waals surface area contributed by atoms with E-state index in [4.69, 9.17) is 9.47 Å². The van der Waals surface area contributed by atoms with Crippen molar-refractivity contribution in [1.82, 2.24) is 19.5 Å². The number of ether oxygens (including phenoxy) is 2. The normalized spacial score (nSPS) is 15.8. The number of benzene rings is 2. The molecule has 3 aromatic rings. The molecule has 2 heterocycles. The number of nitrogens with one attached hydrogen (secondary N) is 1. The van der Waals surface area contributed by atoms with Crippen LogP contribution in [0.2, 0.25) is 0 Å². The number of esters is 1. The van der Waals surface area contributed by atoms with Gasteiger partial charge < -0.3 is 19.5 Å². The number of sulfonamides is 1. The molecule has 0 saturated carbocycles. The van der Waals surface area contributed by atoms with Gasteiger partial charge >= 0.3 is 18.2 Å². The van der Waals surface area contributed by atoms with E-state index in [1.165, 1.54) is 12.1 Å². The SMILES string of the molecule is Cc1ccc(-c2cc(C(F)(F)F)nn2-c2ccc(S(=O)(=O)NC(=O)OC3CCN([N+]([O-])=NOCOC(=O)C(C)(C)C)C3)cc2)cc1. The predicted molar refractivity (Wildman–Crippen MR) is 153 cm³/mol. The van der Waals surface area contributed by atoms with Gasteiger partial charge in [0.1, 0.15) is 12.6 Å². The molecule has 1 aromatic heterocycles. The Kier molecular flexibility index (Phi) is 9.79. The number of aryl methyl sites for hydroxylation is 1. The number of hydrogen-bond acceptors (Lipinski definition) is 10. The number of halogens is 3. The molecule has 248 valence electrons. The van der Waals surface area contributed by atoms with E-state index in [9.17, 15) is 36.4 Å². The Morgan fingerprint density at radius 3 is 2.37 bits per heavy atom. The van der Waals surface area contributed by atoms with Gasteiger partial charge in [0.05, 0.1) is 33.2 Å². The molecule has 18 heteroatoms. The van der Waals surface area contributed by atoms with Crippen LogP contribution in [0.5, 0.6) is 0 Å². The molecular weight excluding hydrogens is 637 g/mol. The number of alkyl halides is 3. The lowest BCUT2D eigenvalue weighted by Gasteiger charge is -2.15. The van der Waals surface area contributed by atoms with Crippen LogP contribution in [-0.2, 0) is 35.3 Å². The zero-order valence-electron chi connectivity index (χ0n) is 25.1. The molecule has 1 unspecified atom stereocenters. The first-order valence-electron chi connectivity index (χ1n) is 13.7. The van der Waals surface area contributed by atoms with Crippen LogP contribution in [0, 0.1) is 17.5 Å². The second-order valence-corrected chi connectivity index (χ2v) is 13.0. The summed E-state index contributed by atoms with van der Waals surface area (Å²) in [4.78, 5) is 28.5. The van der Waals surface area contributed by atoms with E-state index < -0.39 is 52.3 Å². The summed E-state index contributed by atoms with van der Waals surface area (Å²) in [5.74, 6) is -0.559. The highest BCUT2D eigenvalue weighted by atomic mass is 32.2. The second-order valence-electron chi connectivity index (χ2n) is 11.3. The Morgan fingerprint density at radius 1 is 1.11 bits per heavy atom. The van der Waals surface area contributed by atoms with E-state index in [1.54, 1.807) is 49.8 Å². The Morgan fingerprint density at radius 2 is 1.76 bits per heavy atom. The van der Waals surface area contributed by atoms with Crippen LogP contribution in [0.3, 0.4) is 0 Å². The molecule has 1 fully saturated rings. The third kappa shape index (κ3) is 8.43. The van der Waals surface area contributed by atoms with Gasteiger partial charge in [-0.1, -0.05) is 29.8 Å². The first-order chi connectivity index (χ1) is 21.4. The van der Waals surface area contributed by atoms with Gasteiger partial charge in [-0.2, -0.15) is 18.3 Å². The highest BCUT2D eigenvalue weighted by Crippen LogP contribution is 2.33. The maximum absolute atomic E-state index is 13.5. The third-order valence-corrected chi connectivity index (χ3v) is 7.91. The van der Waals surface area contributed by atoms with Crippen LogP contribution >= 0.6 is 0 Å². The number of carbonyl (C=O) groups excluding carboxylic acids is 2. The first-order valence-corrected chi connectivity index (χ1v) is 15.2. The van der Waals surface area contributed by atoms with E-state index in [-0.39, 0.29) is 40.8 Å². The average molecular weight is 669 g/mol. The third-order valence-electron chi connectivity index (χ3n) is 6.58. The smallest absolute Gasteiger partial charge is 0.435 e. The monoisotopic (exact) mass is 668 g/mol. The Hall–Kier alpha value is -4.87. The van der Waals surface area contributed by atoms with E-state index in [0.29, 0.717) is 5.56 Å². The van der Waals surface area contributed by atoms with E-state index in [2.05, 4.69) is 15.2 Å². The minimum absolute atomic E-state index is 0.0893. The number of aromatic nitrogens is 2. The quantitative estimate of drug-likeness (QED) is 0.0842. The van der Waals surface area contributed by atoms with Crippen molar-refractivity contribution in [3.05, 3.63) is 71.1 Å². The van der Waals surface area contributed by atoms with E-state index in [0.717, 1.165) is 33.5 Å². The highest BCUT2D eigenvalue weighted by Gasteiger charge is 2.36. The van der Waals surface area contributed by atoms with Crippen molar-refractivity contribution in [3.63, 3.8) is 0 Å². The molecule has 46 heavy (non-hydrogen) atoms. The average Bonchev–Trinajstić information content (AvgIpc) is 3.63. The maximum atomic E-state index is 13.5. The molecular formula is C28H31F3N6O8S. The topological polar surface area (TPSA) is 167 Å². The van der Waals surface area contributed by atoms with Gasteiger partial charge in [-0.25, -0.2) is 22.6 Å². The minimum Gasteiger partial charge on any atom is -0.569 e. The Bertz CT molecular complexity index is 1700. The largest absolute Gasteiger partial charge is 0.569 e. The summed E-state index contributed by atoms with van der Waals surface area (Å²) < 4.78 is 78.9. The minimum atomic E-state index is -4.72. The van der Waals surface area contributed by atoms with E-state index >= 15 is 0 Å². The number of nitrogens with zero attached hydrogens (tertiary/aromatic N) is 5. The lowest BCUT2D eigenvalue weighted by atomic mass is 9.98. The van der Waals surface area contributed by atoms with Crippen molar-refractivity contribution in [2.45, 2.75) is 51.3 Å². The summed E-state index contributed by atoms with van der Waals surface area (Å²) in [6.45, 7) is 6.12. The van der Waals surface area contributed by atoms with Crippen LogP contribution in [0.1, 0.15) is 38.4 Å². The van der Waals surface area contributed by atoms with Crippen LogP contribution in [0.4, 0.5) is 18.0 Å². The van der Waals surface area contributed by atoms with Gasteiger partial charge in [0.15, 0.2) is 5.69 Å². The summed E-state index contributed by atoms with van der Waals surface area (Å²) in [5, 5.41) is 20.2. The van der Waals surface area contributed by atoms with Crippen molar-refractivity contribution in [1.29, 1.82) is 0 Å². The fraction of sp³-hybridized carbons (Fsp3) is 0.393. The zero-order chi connectivity index (χ0) is 33.9. The van der Waals surface area contributed by atoms with Gasteiger partial charge in [-0.15, -0.1) is 5.01 Å². The summed E-state index contributed by atoms with van der Waals surface area (Å²) >= 11 is 0. The van der Waals surface area contributed by atoms with Gasteiger partial charge in [0.2, 0.25) is 5.28 Å². The first kappa shape index (κ1) is 34.0. The Labute approximate surface area is 261 Å². The molecule has 1 saturated heterocycles. The lowest BCUT2D eigenvalue weighted by Crippen LogP contribution is -2.36. The van der Waals surface area contributed by atoms with Crippen molar-refractivity contribution in [3.8, 4) is 16.9 Å². The molecule has 0 spiro atoms.